The monoisotopic (exact) mass is 622 g/mol. The molecule has 3 aliphatic heterocycles. The van der Waals surface area contributed by atoms with Gasteiger partial charge in [-0.2, -0.15) is 0 Å². The molecule has 0 radical (unpaired) electrons. The predicted molar refractivity (Wildman–Crippen MR) is 143 cm³/mol. The Bertz CT molecular complexity index is 893. The summed E-state index contributed by atoms with van der Waals surface area (Å²) in [7, 11) is 0. The molecule has 0 saturated carbocycles. The molecule has 16 nitrogen and oxygen atoms in total. The highest BCUT2D eigenvalue weighted by atomic mass is 16.7. The number of ether oxygens (including phenoxy) is 3. The third kappa shape index (κ3) is 9.83. The first-order valence-corrected chi connectivity index (χ1v) is 14.8. The van der Waals surface area contributed by atoms with Crippen LogP contribution in [0.1, 0.15) is 58.3 Å². The van der Waals surface area contributed by atoms with E-state index in [1.807, 2.05) is 4.90 Å². The summed E-state index contributed by atoms with van der Waals surface area (Å²) < 4.78 is 16.7. The number of hydrogen-bond acceptors (Lipinski definition) is 15. The maximum Gasteiger partial charge on any atom is 0.333 e. The van der Waals surface area contributed by atoms with E-state index in [0.29, 0.717) is 56.8 Å². The van der Waals surface area contributed by atoms with Gasteiger partial charge in [0, 0.05) is 25.8 Å². The van der Waals surface area contributed by atoms with E-state index in [1.54, 1.807) is 6.92 Å². The minimum absolute atomic E-state index is 0.0233. The molecule has 3 rings (SSSR count). The number of hydrogen-bond donors (Lipinski definition) is 7. The van der Waals surface area contributed by atoms with Gasteiger partial charge in [-0.15, -0.1) is 5.06 Å². The molecule has 10 atom stereocenters. The number of hydroxylamine groups is 2. The van der Waals surface area contributed by atoms with Crippen molar-refractivity contribution in [1.29, 1.82) is 0 Å². The lowest BCUT2D eigenvalue weighted by atomic mass is 9.93. The minimum Gasteiger partial charge on any atom is -0.394 e. The molecule has 1 unspecified atom stereocenters. The van der Waals surface area contributed by atoms with Crippen molar-refractivity contribution in [1.82, 2.24) is 9.96 Å². The first-order chi connectivity index (χ1) is 20.4. The summed E-state index contributed by atoms with van der Waals surface area (Å²) in [6, 6.07) is 0. The molecular formula is C27H46N2O14. The van der Waals surface area contributed by atoms with E-state index in [9.17, 15) is 50.1 Å². The SMILES string of the molecule is C[C@@H]1OC(CCCN(CCCCCC(=O)ON2C(=O)CCC2=O)CCO[C@H]2O[C@H](CO)[C@@H](O)[C@H](O)[C@@H]2O)[C@@H](O)[C@H](O)[C@@H]1O. The molecule has 43 heavy (non-hydrogen) atoms. The zero-order valence-corrected chi connectivity index (χ0v) is 24.3. The number of unbranched alkanes of at least 4 members (excludes halogenated alkanes) is 2. The number of aliphatic hydroxyl groups excluding tert-OH is 7. The van der Waals surface area contributed by atoms with Gasteiger partial charge >= 0.3 is 5.97 Å². The third-order valence-corrected chi connectivity index (χ3v) is 8.01. The molecule has 0 aromatic rings. The van der Waals surface area contributed by atoms with E-state index in [2.05, 4.69) is 0 Å². The second-order valence-electron chi connectivity index (χ2n) is 11.3. The van der Waals surface area contributed by atoms with Crippen molar-refractivity contribution >= 4 is 17.8 Å². The molecule has 0 bridgehead atoms. The molecule has 2 amide bonds. The fourth-order valence-corrected chi connectivity index (χ4v) is 5.32. The van der Waals surface area contributed by atoms with Gasteiger partial charge < -0.3 is 59.7 Å². The molecule has 0 aliphatic carbocycles. The summed E-state index contributed by atoms with van der Waals surface area (Å²) >= 11 is 0. The Labute approximate surface area is 249 Å². The predicted octanol–water partition coefficient (Wildman–Crippen LogP) is -3.08. The second kappa shape index (κ2) is 17.0. The van der Waals surface area contributed by atoms with E-state index in [0.717, 1.165) is 0 Å². The molecule has 3 aliphatic rings. The van der Waals surface area contributed by atoms with Gasteiger partial charge in [-0.1, -0.05) is 6.42 Å². The van der Waals surface area contributed by atoms with E-state index in [1.165, 1.54) is 0 Å². The van der Waals surface area contributed by atoms with Crippen LogP contribution in [0, 0.1) is 0 Å². The fourth-order valence-electron chi connectivity index (χ4n) is 5.32. The maximum atomic E-state index is 12.0. The molecule has 0 aromatic heterocycles. The molecule has 3 heterocycles. The summed E-state index contributed by atoms with van der Waals surface area (Å²) in [6.07, 6.45) is -9.18. The van der Waals surface area contributed by atoms with E-state index >= 15 is 0 Å². The van der Waals surface area contributed by atoms with Gasteiger partial charge in [0.15, 0.2) is 6.29 Å². The Morgan fingerprint density at radius 1 is 0.814 bits per heavy atom. The fraction of sp³-hybridized carbons (Fsp3) is 0.889. The first-order valence-electron chi connectivity index (χ1n) is 14.8. The van der Waals surface area contributed by atoms with Gasteiger partial charge in [-0.25, -0.2) is 4.79 Å². The minimum atomic E-state index is -1.56. The van der Waals surface area contributed by atoms with Crippen molar-refractivity contribution in [3.8, 4) is 0 Å². The van der Waals surface area contributed by atoms with Gasteiger partial charge in [-0.05, 0) is 45.7 Å². The van der Waals surface area contributed by atoms with Crippen LogP contribution in [-0.2, 0) is 33.4 Å². The zero-order valence-electron chi connectivity index (χ0n) is 24.3. The Morgan fingerprint density at radius 3 is 2.12 bits per heavy atom. The standard InChI is InChI=1S/C27H46N2O14/c1-15-21(34)24(37)22(35)16(41-15)6-5-11-28(12-13-40-27-26(39)25(38)23(36)17(14-30)42-27)10-4-2-3-7-20(33)43-29-18(31)8-9-19(29)32/h15-17,21-27,30,34-39H,2-14H2,1H3/t15-,16?,17+,21+,22+,23+,24+,25-,26-,27-/m0/s1. The van der Waals surface area contributed by atoms with Crippen LogP contribution < -0.4 is 0 Å². The number of carbonyl (C=O) groups excluding carboxylic acids is 3. The highest BCUT2D eigenvalue weighted by Crippen LogP contribution is 2.25. The Hall–Kier alpha value is -1.83. The van der Waals surface area contributed by atoms with Crippen molar-refractivity contribution in [3.63, 3.8) is 0 Å². The van der Waals surface area contributed by atoms with E-state index in [-0.39, 0.29) is 25.9 Å². The van der Waals surface area contributed by atoms with Crippen LogP contribution in [-0.4, -0.2) is 158 Å². The van der Waals surface area contributed by atoms with Crippen LogP contribution in [0.5, 0.6) is 0 Å². The lowest BCUT2D eigenvalue weighted by Gasteiger charge is -2.40. The topological polar surface area (TPSA) is 236 Å². The Kier molecular flexibility index (Phi) is 14.1. The van der Waals surface area contributed by atoms with Crippen molar-refractivity contribution < 1.29 is 69.2 Å². The second-order valence-corrected chi connectivity index (χ2v) is 11.3. The lowest BCUT2D eigenvalue weighted by Crippen LogP contribution is -2.59. The summed E-state index contributed by atoms with van der Waals surface area (Å²) in [4.78, 5) is 42.1. The zero-order chi connectivity index (χ0) is 31.7. The van der Waals surface area contributed by atoms with Crippen LogP contribution in [0.2, 0.25) is 0 Å². The van der Waals surface area contributed by atoms with Crippen LogP contribution in [0.15, 0.2) is 0 Å². The summed E-state index contributed by atoms with van der Waals surface area (Å²) in [5, 5.41) is 70.4. The highest BCUT2D eigenvalue weighted by Gasteiger charge is 2.44. The van der Waals surface area contributed by atoms with Crippen LogP contribution in [0.4, 0.5) is 0 Å². The first kappa shape index (κ1) is 35.6. The van der Waals surface area contributed by atoms with Gasteiger partial charge in [-0.3, -0.25) is 9.59 Å². The van der Waals surface area contributed by atoms with Crippen molar-refractivity contribution in [3.05, 3.63) is 0 Å². The molecule has 3 fully saturated rings. The van der Waals surface area contributed by atoms with E-state index in [4.69, 9.17) is 19.0 Å². The number of imide groups is 1. The van der Waals surface area contributed by atoms with E-state index < -0.39 is 85.6 Å². The molecule has 0 aromatic carbocycles. The largest absolute Gasteiger partial charge is 0.394 e. The molecule has 3 saturated heterocycles. The van der Waals surface area contributed by atoms with Crippen molar-refractivity contribution in [2.24, 2.45) is 0 Å². The van der Waals surface area contributed by atoms with Crippen LogP contribution >= 0.6 is 0 Å². The number of rotatable bonds is 16. The number of nitrogens with zero attached hydrogens (tertiary/aromatic N) is 2. The average Bonchev–Trinajstić information content (AvgIpc) is 3.30. The Morgan fingerprint density at radius 2 is 1.44 bits per heavy atom. The number of aliphatic hydroxyl groups is 7. The number of amides is 2. The normalized spacial score (nSPS) is 35.1. The summed E-state index contributed by atoms with van der Waals surface area (Å²) in [6.45, 7) is 2.57. The van der Waals surface area contributed by atoms with Gasteiger partial charge in [0.1, 0.15) is 42.7 Å². The van der Waals surface area contributed by atoms with Crippen LogP contribution in [0.25, 0.3) is 0 Å². The van der Waals surface area contributed by atoms with Crippen molar-refractivity contribution in [2.75, 3.05) is 32.8 Å². The lowest BCUT2D eigenvalue weighted by molar-refractivity contribution is -0.301. The van der Waals surface area contributed by atoms with Gasteiger partial charge in [0.25, 0.3) is 11.8 Å². The smallest absolute Gasteiger partial charge is 0.333 e. The third-order valence-electron chi connectivity index (χ3n) is 8.01. The number of carbonyl (C=O) groups is 3. The quantitative estimate of drug-likeness (QED) is 0.0668. The molecule has 7 N–H and O–H groups in total. The van der Waals surface area contributed by atoms with Gasteiger partial charge in [0.2, 0.25) is 0 Å². The van der Waals surface area contributed by atoms with Gasteiger partial charge in [0.05, 0.1) is 25.4 Å². The summed E-state index contributed by atoms with van der Waals surface area (Å²) in [5.74, 6) is -1.74. The maximum absolute atomic E-state index is 12.0. The van der Waals surface area contributed by atoms with Crippen LogP contribution in [0.3, 0.4) is 0 Å². The highest BCUT2D eigenvalue weighted by molar-refractivity contribution is 6.01. The molecule has 16 heteroatoms. The molecular weight excluding hydrogens is 576 g/mol. The molecule has 248 valence electrons. The average molecular weight is 623 g/mol. The Balaban J connectivity index is 1.45. The summed E-state index contributed by atoms with van der Waals surface area (Å²) in [5.41, 5.74) is 0. The molecule has 0 spiro atoms. The van der Waals surface area contributed by atoms with Crippen molar-refractivity contribution in [2.45, 2.75) is 120 Å².